The van der Waals surface area contributed by atoms with Crippen molar-refractivity contribution in [3.8, 4) is 5.75 Å². The summed E-state index contributed by atoms with van der Waals surface area (Å²) in [5.74, 6) is -0.120. The van der Waals surface area contributed by atoms with Gasteiger partial charge in [0.1, 0.15) is 18.9 Å². The van der Waals surface area contributed by atoms with E-state index in [1.807, 2.05) is 31.2 Å². The van der Waals surface area contributed by atoms with Gasteiger partial charge in [0, 0.05) is 11.6 Å². The molecule has 3 rings (SSSR count). The number of carbonyl (C=O) groups is 3. The molecule has 2 aromatic rings. The van der Waals surface area contributed by atoms with Gasteiger partial charge in [-0.15, -0.1) is 0 Å². The van der Waals surface area contributed by atoms with Crippen molar-refractivity contribution in [3.63, 3.8) is 0 Å². The molecular weight excluding hydrogens is 424 g/mol. The van der Waals surface area contributed by atoms with Crippen molar-refractivity contribution in [1.29, 1.82) is 0 Å². The smallest absolute Gasteiger partial charge is 0.294 e. The predicted molar refractivity (Wildman–Crippen MR) is 118 cm³/mol. The van der Waals surface area contributed by atoms with Gasteiger partial charge in [0.25, 0.3) is 11.1 Å². The van der Waals surface area contributed by atoms with E-state index in [0.717, 1.165) is 34.2 Å². The number of hydrogen-bond donors (Lipinski definition) is 1. The van der Waals surface area contributed by atoms with Gasteiger partial charge >= 0.3 is 0 Å². The summed E-state index contributed by atoms with van der Waals surface area (Å²) in [5, 5.41) is 2.89. The molecule has 3 amide bonds. The quantitative estimate of drug-likeness (QED) is 0.607. The molecule has 0 radical (unpaired) electrons. The maximum atomic E-state index is 12.5. The van der Waals surface area contributed by atoms with Gasteiger partial charge in [-0.25, -0.2) is 0 Å². The number of ether oxygens (including phenoxy) is 1. The monoisotopic (exact) mass is 444 g/mol. The van der Waals surface area contributed by atoms with Gasteiger partial charge < -0.3 is 10.1 Å². The summed E-state index contributed by atoms with van der Waals surface area (Å²) >= 11 is 6.71. The van der Waals surface area contributed by atoms with Crippen LogP contribution in [0.15, 0.2) is 53.4 Å². The Morgan fingerprint density at radius 2 is 1.83 bits per heavy atom. The van der Waals surface area contributed by atoms with Gasteiger partial charge in [0.2, 0.25) is 5.91 Å². The fourth-order valence-corrected chi connectivity index (χ4v) is 3.62. The molecule has 1 aliphatic rings. The van der Waals surface area contributed by atoms with E-state index < -0.39 is 11.1 Å². The Morgan fingerprint density at radius 3 is 2.50 bits per heavy atom. The number of imide groups is 1. The van der Waals surface area contributed by atoms with Crippen LogP contribution in [-0.2, 0) is 16.2 Å². The van der Waals surface area contributed by atoms with E-state index in [4.69, 9.17) is 16.3 Å². The van der Waals surface area contributed by atoms with Crippen molar-refractivity contribution in [2.24, 2.45) is 0 Å². The first-order valence-electron chi connectivity index (χ1n) is 9.45. The van der Waals surface area contributed by atoms with Gasteiger partial charge in [-0.05, 0) is 59.7 Å². The van der Waals surface area contributed by atoms with Crippen LogP contribution in [0.3, 0.4) is 0 Å². The second-order valence-corrected chi connectivity index (χ2v) is 8.03. The summed E-state index contributed by atoms with van der Waals surface area (Å²) < 4.78 is 5.75. The van der Waals surface area contributed by atoms with Gasteiger partial charge in [-0.1, -0.05) is 42.8 Å². The molecule has 1 saturated heterocycles. The van der Waals surface area contributed by atoms with E-state index in [-0.39, 0.29) is 17.4 Å². The Kier molecular flexibility index (Phi) is 7.54. The minimum Gasteiger partial charge on any atom is -0.489 e. The van der Waals surface area contributed by atoms with Gasteiger partial charge in [-0.2, -0.15) is 0 Å². The molecule has 1 heterocycles. The standard InChI is InChI=1S/C22H21ClN2O4S/c1-2-11-24-20(26)13-25-21(27)19(30-22(25)28)12-15-5-9-18(10-6-15)29-14-16-3-7-17(23)8-4-16/h3-10,12H,2,11,13-14H2,1H3,(H,24,26)/b19-12-. The highest BCUT2D eigenvalue weighted by Gasteiger charge is 2.36. The molecule has 0 spiro atoms. The number of carbonyl (C=O) groups excluding carboxylic acids is 3. The highest BCUT2D eigenvalue weighted by molar-refractivity contribution is 8.18. The Balaban J connectivity index is 1.59. The number of amides is 3. The van der Waals surface area contributed by atoms with Crippen molar-refractivity contribution in [2.45, 2.75) is 20.0 Å². The third-order valence-electron chi connectivity index (χ3n) is 4.24. The van der Waals surface area contributed by atoms with Crippen LogP contribution >= 0.6 is 23.4 Å². The zero-order valence-electron chi connectivity index (χ0n) is 16.4. The fourth-order valence-electron chi connectivity index (χ4n) is 2.66. The van der Waals surface area contributed by atoms with Crippen LogP contribution in [0.25, 0.3) is 6.08 Å². The second kappa shape index (κ2) is 10.3. The number of nitrogens with zero attached hydrogens (tertiary/aromatic N) is 1. The van der Waals surface area contributed by atoms with Gasteiger partial charge in [0.15, 0.2) is 0 Å². The molecule has 0 bridgehead atoms. The topological polar surface area (TPSA) is 75.7 Å². The van der Waals surface area contributed by atoms with Crippen LogP contribution in [0, 0.1) is 0 Å². The fraction of sp³-hybridized carbons (Fsp3) is 0.227. The van der Waals surface area contributed by atoms with E-state index >= 15 is 0 Å². The molecule has 156 valence electrons. The average Bonchev–Trinajstić information content (AvgIpc) is 3.00. The van der Waals surface area contributed by atoms with Crippen molar-refractivity contribution in [2.75, 3.05) is 13.1 Å². The molecule has 2 aromatic carbocycles. The van der Waals surface area contributed by atoms with E-state index in [1.165, 1.54) is 0 Å². The lowest BCUT2D eigenvalue weighted by Crippen LogP contribution is -2.39. The summed E-state index contributed by atoms with van der Waals surface area (Å²) in [4.78, 5) is 37.7. The number of rotatable bonds is 8. The van der Waals surface area contributed by atoms with Crippen LogP contribution < -0.4 is 10.1 Å². The maximum Gasteiger partial charge on any atom is 0.294 e. The Labute approximate surface area is 184 Å². The molecule has 0 aromatic heterocycles. The Hall–Kier alpha value is -2.77. The Bertz CT molecular complexity index is 958. The minimum absolute atomic E-state index is 0.264. The number of halogens is 1. The van der Waals surface area contributed by atoms with Gasteiger partial charge in [-0.3, -0.25) is 19.3 Å². The maximum absolute atomic E-state index is 12.5. The molecule has 1 aliphatic heterocycles. The Morgan fingerprint density at radius 1 is 1.13 bits per heavy atom. The molecule has 0 unspecified atom stereocenters. The zero-order chi connectivity index (χ0) is 21.5. The highest BCUT2D eigenvalue weighted by Crippen LogP contribution is 2.32. The lowest BCUT2D eigenvalue weighted by molar-refractivity contribution is -0.129. The summed E-state index contributed by atoms with van der Waals surface area (Å²) in [6.45, 7) is 2.59. The molecule has 1 N–H and O–H groups in total. The largest absolute Gasteiger partial charge is 0.489 e. The lowest BCUT2D eigenvalue weighted by Gasteiger charge is -2.11. The van der Waals surface area contributed by atoms with Crippen molar-refractivity contribution < 1.29 is 19.1 Å². The SMILES string of the molecule is CCCNC(=O)CN1C(=O)S/C(=C\c2ccc(OCc3ccc(Cl)cc3)cc2)C1=O. The molecule has 8 heteroatoms. The molecule has 0 atom stereocenters. The molecule has 1 fully saturated rings. The molecule has 30 heavy (non-hydrogen) atoms. The number of hydrogen-bond acceptors (Lipinski definition) is 5. The van der Waals surface area contributed by atoms with Crippen LogP contribution in [0.5, 0.6) is 5.75 Å². The summed E-state index contributed by atoms with van der Waals surface area (Å²) in [7, 11) is 0. The first kappa shape index (κ1) is 21.9. The van der Waals surface area contributed by atoms with Crippen molar-refractivity contribution >= 4 is 46.5 Å². The van der Waals surface area contributed by atoms with E-state index in [2.05, 4.69) is 5.32 Å². The normalized spacial score (nSPS) is 15.0. The summed E-state index contributed by atoms with van der Waals surface area (Å²) in [5.41, 5.74) is 1.76. The average molecular weight is 445 g/mol. The molecule has 6 nitrogen and oxygen atoms in total. The van der Waals surface area contributed by atoms with Crippen LogP contribution in [0.2, 0.25) is 5.02 Å². The van der Waals surface area contributed by atoms with Gasteiger partial charge in [0.05, 0.1) is 4.91 Å². The van der Waals surface area contributed by atoms with E-state index in [0.29, 0.717) is 23.9 Å². The molecular formula is C22H21ClN2O4S. The third kappa shape index (κ3) is 5.87. The van der Waals surface area contributed by atoms with Crippen LogP contribution in [0.1, 0.15) is 24.5 Å². The summed E-state index contributed by atoms with van der Waals surface area (Å²) in [6.07, 6.45) is 2.42. The zero-order valence-corrected chi connectivity index (χ0v) is 18.0. The number of benzene rings is 2. The number of nitrogens with one attached hydrogen (secondary N) is 1. The first-order valence-corrected chi connectivity index (χ1v) is 10.6. The van der Waals surface area contributed by atoms with E-state index in [9.17, 15) is 14.4 Å². The number of thioether (sulfide) groups is 1. The minimum atomic E-state index is -0.459. The van der Waals surface area contributed by atoms with Crippen molar-refractivity contribution in [1.82, 2.24) is 10.2 Å². The van der Waals surface area contributed by atoms with E-state index in [1.54, 1.807) is 30.3 Å². The van der Waals surface area contributed by atoms with Crippen LogP contribution in [0.4, 0.5) is 4.79 Å². The molecule has 0 aliphatic carbocycles. The molecule has 0 saturated carbocycles. The third-order valence-corrected chi connectivity index (χ3v) is 5.40. The first-order chi connectivity index (χ1) is 14.5. The summed E-state index contributed by atoms with van der Waals surface area (Å²) in [6, 6.07) is 14.6. The highest BCUT2D eigenvalue weighted by atomic mass is 35.5. The second-order valence-electron chi connectivity index (χ2n) is 6.60. The van der Waals surface area contributed by atoms with Crippen molar-refractivity contribution in [3.05, 3.63) is 69.6 Å². The lowest BCUT2D eigenvalue weighted by atomic mass is 10.2. The van der Waals surface area contributed by atoms with Crippen LogP contribution in [-0.4, -0.2) is 35.0 Å². The predicted octanol–water partition coefficient (Wildman–Crippen LogP) is 4.48.